The summed E-state index contributed by atoms with van der Waals surface area (Å²) in [5, 5.41) is 2.73. The number of aromatic nitrogens is 2. The molecule has 0 saturated heterocycles. The van der Waals surface area contributed by atoms with Crippen LogP contribution in [0.25, 0.3) is 5.65 Å². The second-order valence-electron chi connectivity index (χ2n) is 4.21. The summed E-state index contributed by atoms with van der Waals surface area (Å²) in [5.74, 6) is -0.168. The molecule has 19 heavy (non-hydrogen) atoms. The summed E-state index contributed by atoms with van der Waals surface area (Å²) in [6.07, 6.45) is 3.91. The van der Waals surface area contributed by atoms with Crippen LogP contribution in [0.2, 0.25) is 0 Å². The number of hydrogen-bond acceptors (Lipinski definition) is 3. The van der Waals surface area contributed by atoms with Gasteiger partial charge < -0.3 is 15.5 Å². The topological polar surface area (TPSA) is 72.4 Å². The number of imidazole rings is 1. The van der Waals surface area contributed by atoms with Crippen molar-refractivity contribution in [1.82, 2.24) is 14.7 Å². The van der Waals surface area contributed by atoms with Crippen LogP contribution in [0.1, 0.15) is 18.2 Å². The van der Waals surface area contributed by atoms with Gasteiger partial charge in [-0.1, -0.05) is 6.07 Å². The first-order chi connectivity index (χ1) is 8.06. The summed E-state index contributed by atoms with van der Waals surface area (Å²) < 4.78 is 1.95. The zero-order chi connectivity index (χ0) is 12.4. The number of nitrogens with one attached hydrogen (secondary N) is 1. The molecule has 2 aromatic heterocycles. The van der Waals surface area contributed by atoms with Gasteiger partial charge in [-0.3, -0.25) is 4.79 Å². The second kappa shape index (κ2) is 7.33. The normalized spacial score (nSPS) is 11.3. The van der Waals surface area contributed by atoms with E-state index in [-0.39, 0.29) is 30.7 Å². The number of amides is 1. The number of carbonyl (C=O) groups excluding carboxylic acids is 1. The van der Waals surface area contributed by atoms with E-state index in [0.717, 1.165) is 11.3 Å². The lowest BCUT2D eigenvalue weighted by Gasteiger charge is -2.04. The van der Waals surface area contributed by atoms with E-state index in [1.54, 1.807) is 6.92 Å². The van der Waals surface area contributed by atoms with Crippen LogP contribution in [0.4, 0.5) is 0 Å². The smallest absolute Gasteiger partial charge is 0.236 e. The number of hydrogen-bond donors (Lipinski definition) is 2. The first-order valence-electron chi connectivity index (χ1n) is 5.54. The molecular formula is C12H18Cl2N4O. The highest BCUT2D eigenvalue weighted by Crippen LogP contribution is 2.06. The molecule has 2 rings (SSSR count). The number of aryl methyl sites for hydroxylation is 1. The number of fused-ring (bicyclic) bond motifs is 1. The lowest BCUT2D eigenvalue weighted by Crippen LogP contribution is -2.37. The van der Waals surface area contributed by atoms with Crippen molar-refractivity contribution in [3.63, 3.8) is 0 Å². The molecule has 0 unspecified atom stereocenters. The van der Waals surface area contributed by atoms with E-state index in [9.17, 15) is 4.79 Å². The highest BCUT2D eigenvalue weighted by molar-refractivity contribution is 5.85. The van der Waals surface area contributed by atoms with Gasteiger partial charge in [-0.05, 0) is 25.5 Å². The van der Waals surface area contributed by atoms with Gasteiger partial charge in [0, 0.05) is 12.4 Å². The zero-order valence-corrected chi connectivity index (χ0v) is 12.4. The molecule has 0 radical (unpaired) electrons. The maximum Gasteiger partial charge on any atom is 0.236 e. The minimum Gasteiger partial charge on any atom is -0.349 e. The minimum atomic E-state index is -0.491. The lowest BCUT2D eigenvalue weighted by atomic mass is 10.3. The molecule has 0 saturated carbocycles. The molecule has 1 amide bonds. The number of nitrogens with two attached hydrogens (primary N) is 1. The summed E-state index contributed by atoms with van der Waals surface area (Å²) in [6.45, 7) is 4.08. The van der Waals surface area contributed by atoms with Gasteiger partial charge in [-0.15, -0.1) is 24.8 Å². The van der Waals surface area contributed by atoms with Crippen molar-refractivity contribution in [1.29, 1.82) is 0 Å². The van der Waals surface area contributed by atoms with Crippen molar-refractivity contribution in [2.45, 2.75) is 26.4 Å². The molecule has 0 spiro atoms. The zero-order valence-electron chi connectivity index (χ0n) is 10.8. The predicted octanol–water partition coefficient (Wildman–Crippen LogP) is 1.45. The Balaban J connectivity index is 0.00000162. The van der Waals surface area contributed by atoms with E-state index < -0.39 is 6.04 Å². The number of rotatable bonds is 3. The highest BCUT2D eigenvalue weighted by Gasteiger charge is 2.07. The number of halogens is 2. The fraction of sp³-hybridized carbons (Fsp3) is 0.333. The van der Waals surface area contributed by atoms with Crippen LogP contribution >= 0.6 is 24.8 Å². The Bertz CT molecular complexity index is 554. The third-order valence-corrected chi connectivity index (χ3v) is 2.51. The van der Waals surface area contributed by atoms with Crippen LogP contribution in [0.5, 0.6) is 0 Å². The number of carbonyl (C=O) groups is 1. The molecule has 0 aliphatic rings. The average molecular weight is 305 g/mol. The molecule has 106 valence electrons. The number of pyridine rings is 1. The highest BCUT2D eigenvalue weighted by atomic mass is 35.5. The maximum atomic E-state index is 11.3. The Labute approximate surface area is 124 Å². The molecule has 5 nitrogen and oxygen atoms in total. The summed E-state index contributed by atoms with van der Waals surface area (Å²) in [5.41, 5.74) is 8.32. The van der Waals surface area contributed by atoms with Gasteiger partial charge in [0.2, 0.25) is 5.91 Å². The summed E-state index contributed by atoms with van der Waals surface area (Å²) in [7, 11) is 0. The third kappa shape index (κ3) is 4.38. The van der Waals surface area contributed by atoms with Gasteiger partial charge in [0.15, 0.2) is 0 Å². The van der Waals surface area contributed by atoms with E-state index in [4.69, 9.17) is 5.73 Å². The molecule has 0 fully saturated rings. The van der Waals surface area contributed by atoms with Crippen LogP contribution in [0.3, 0.4) is 0 Å². The van der Waals surface area contributed by atoms with Gasteiger partial charge in [0.1, 0.15) is 5.65 Å². The lowest BCUT2D eigenvalue weighted by molar-refractivity contribution is -0.122. The van der Waals surface area contributed by atoms with Crippen LogP contribution < -0.4 is 11.1 Å². The Morgan fingerprint density at radius 1 is 1.42 bits per heavy atom. The minimum absolute atomic E-state index is 0. The van der Waals surface area contributed by atoms with E-state index in [0.29, 0.717) is 6.54 Å². The Morgan fingerprint density at radius 3 is 2.74 bits per heavy atom. The maximum absolute atomic E-state index is 11.3. The molecule has 0 aromatic carbocycles. The standard InChI is InChI=1S/C12H16N4O.2ClH/c1-8-3-4-11-15-10(7-16(11)6-8)5-14-12(17)9(2)13;;/h3-4,6-7,9H,5,13H2,1-2H3,(H,14,17);2*1H/t9-;;/m1../s1. The van der Waals surface area contributed by atoms with Gasteiger partial charge in [-0.2, -0.15) is 0 Å². The Kier molecular flexibility index (Phi) is 6.83. The van der Waals surface area contributed by atoms with Crippen molar-refractivity contribution >= 4 is 36.4 Å². The van der Waals surface area contributed by atoms with Crippen LogP contribution in [0, 0.1) is 6.92 Å². The van der Waals surface area contributed by atoms with Crippen LogP contribution in [-0.4, -0.2) is 21.3 Å². The molecule has 0 aliphatic carbocycles. The average Bonchev–Trinajstić information content (AvgIpc) is 2.67. The van der Waals surface area contributed by atoms with Crippen molar-refractivity contribution in [3.8, 4) is 0 Å². The van der Waals surface area contributed by atoms with E-state index in [2.05, 4.69) is 10.3 Å². The Morgan fingerprint density at radius 2 is 2.11 bits per heavy atom. The summed E-state index contributed by atoms with van der Waals surface area (Å²) in [4.78, 5) is 15.7. The van der Waals surface area contributed by atoms with E-state index in [1.165, 1.54) is 5.56 Å². The molecule has 0 aliphatic heterocycles. The van der Waals surface area contributed by atoms with Gasteiger partial charge >= 0.3 is 0 Å². The monoisotopic (exact) mass is 304 g/mol. The quantitative estimate of drug-likeness (QED) is 0.901. The molecule has 2 heterocycles. The predicted molar refractivity (Wildman–Crippen MR) is 79.9 cm³/mol. The molecular weight excluding hydrogens is 287 g/mol. The van der Waals surface area contributed by atoms with Gasteiger partial charge in [0.25, 0.3) is 0 Å². The second-order valence-corrected chi connectivity index (χ2v) is 4.21. The van der Waals surface area contributed by atoms with Crippen LogP contribution in [-0.2, 0) is 11.3 Å². The first-order valence-corrected chi connectivity index (χ1v) is 5.54. The molecule has 7 heteroatoms. The molecule has 0 bridgehead atoms. The van der Waals surface area contributed by atoms with Gasteiger partial charge in [0.05, 0.1) is 18.3 Å². The van der Waals surface area contributed by atoms with Gasteiger partial charge in [-0.25, -0.2) is 4.98 Å². The van der Waals surface area contributed by atoms with Crippen LogP contribution in [0.15, 0.2) is 24.5 Å². The van der Waals surface area contributed by atoms with Crippen molar-refractivity contribution in [3.05, 3.63) is 35.8 Å². The fourth-order valence-electron chi connectivity index (χ4n) is 1.58. The summed E-state index contributed by atoms with van der Waals surface area (Å²) >= 11 is 0. The largest absolute Gasteiger partial charge is 0.349 e. The number of nitrogens with zero attached hydrogens (tertiary/aromatic N) is 2. The molecule has 3 N–H and O–H groups in total. The van der Waals surface area contributed by atoms with E-state index >= 15 is 0 Å². The van der Waals surface area contributed by atoms with Crippen molar-refractivity contribution in [2.24, 2.45) is 5.73 Å². The van der Waals surface area contributed by atoms with Crippen molar-refractivity contribution in [2.75, 3.05) is 0 Å². The fourth-order valence-corrected chi connectivity index (χ4v) is 1.58. The van der Waals surface area contributed by atoms with Crippen molar-refractivity contribution < 1.29 is 4.79 Å². The SMILES string of the molecule is Cc1ccc2nc(CNC(=O)[C@@H](C)N)cn2c1.Cl.Cl. The Hall–Kier alpha value is -1.30. The van der Waals surface area contributed by atoms with E-state index in [1.807, 2.05) is 35.9 Å². The third-order valence-electron chi connectivity index (χ3n) is 2.51. The summed E-state index contributed by atoms with van der Waals surface area (Å²) in [6, 6.07) is 3.47. The first kappa shape index (κ1) is 17.7. The molecule has 2 aromatic rings. The molecule has 1 atom stereocenters.